The average molecular weight is 481 g/mol. The minimum atomic E-state index is -4.66. The van der Waals surface area contributed by atoms with Crippen LogP contribution in [0.4, 0.5) is 18.9 Å². The Labute approximate surface area is 168 Å². The molecule has 1 atom stereocenters. The van der Waals surface area contributed by atoms with E-state index in [1.54, 1.807) is 24.3 Å². The number of carbonyl (C=O) groups is 1. The highest BCUT2D eigenvalue weighted by Crippen LogP contribution is 2.19. The van der Waals surface area contributed by atoms with Crippen LogP contribution in [0.2, 0.25) is 0 Å². The van der Waals surface area contributed by atoms with E-state index in [0.29, 0.717) is 5.75 Å². The first-order chi connectivity index (χ1) is 13.0. The Hall–Kier alpha value is -2.11. The summed E-state index contributed by atoms with van der Waals surface area (Å²) >= 11 is 3.29. The monoisotopic (exact) mass is 480 g/mol. The van der Waals surface area contributed by atoms with Gasteiger partial charge in [0.2, 0.25) is 10.0 Å². The molecule has 0 heterocycles. The molecular formula is C17H16BrF3N2O4S. The zero-order valence-electron chi connectivity index (χ0n) is 14.5. The Kier molecular flexibility index (Phi) is 7.07. The van der Waals surface area contributed by atoms with Crippen LogP contribution in [-0.2, 0) is 14.8 Å². The molecule has 0 aliphatic carbocycles. The van der Waals surface area contributed by atoms with Gasteiger partial charge in [-0.2, -0.15) is 13.2 Å². The van der Waals surface area contributed by atoms with Crippen LogP contribution in [0.5, 0.6) is 5.75 Å². The molecular weight excluding hydrogens is 465 g/mol. The summed E-state index contributed by atoms with van der Waals surface area (Å²) < 4.78 is 68.0. The number of rotatable bonds is 7. The molecule has 2 aromatic carbocycles. The van der Waals surface area contributed by atoms with Crippen molar-refractivity contribution in [3.8, 4) is 5.75 Å². The number of benzene rings is 2. The second-order valence-electron chi connectivity index (χ2n) is 5.67. The third-order valence-corrected chi connectivity index (χ3v) is 5.34. The first-order valence-corrected chi connectivity index (χ1v) is 10.1. The van der Waals surface area contributed by atoms with E-state index in [2.05, 4.69) is 21.2 Å². The topological polar surface area (TPSA) is 84.5 Å². The van der Waals surface area contributed by atoms with Crippen LogP contribution in [0, 0.1) is 0 Å². The van der Waals surface area contributed by atoms with Gasteiger partial charge in [-0.3, -0.25) is 4.79 Å². The third kappa shape index (κ3) is 6.80. The normalized spacial score (nSPS) is 13.0. The minimum Gasteiger partial charge on any atom is -0.481 e. The maximum absolute atomic E-state index is 12.2. The number of carbonyl (C=O) groups excluding carboxylic acids is 1. The minimum absolute atomic E-state index is 0.269. The van der Waals surface area contributed by atoms with Gasteiger partial charge in [0.25, 0.3) is 5.91 Å². The number of halogens is 4. The zero-order valence-corrected chi connectivity index (χ0v) is 16.9. The fourth-order valence-electron chi connectivity index (χ4n) is 1.99. The number of ether oxygens (including phenoxy) is 1. The summed E-state index contributed by atoms with van der Waals surface area (Å²) in [6.07, 6.45) is -5.50. The van der Waals surface area contributed by atoms with E-state index in [9.17, 15) is 26.4 Å². The third-order valence-electron chi connectivity index (χ3n) is 3.39. The summed E-state index contributed by atoms with van der Waals surface area (Å²) in [5, 5.41) is 2.54. The first-order valence-electron chi connectivity index (χ1n) is 7.86. The molecule has 11 heteroatoms. The van der Waals surface area contributed by atoms with E-state index >= 15 is 0 Å². The molecule has 0 aliphatic rings. The molecule has 0 fully saturated rings. The molecule has 1 amide bonds. The Morgan fingerprint density at radius 2 is 1.68 bits per heavy atom. The van der Waals surface area contributed by atoms with Crippen LogP contribution in [-0.4, -0.2) is 33.1 Å². The van der Waals surface area contributed by atoms with E-state index in [1.807, 2.05) is 0 Å². The zero-order chi connectivity index (χ0) is 20.9. The van der Waals surface area contributed by atoms with Crippen molar-refractivity contribution in [2.24, 2.45) is 0 Å². The molecule has 0 bridgehead atoms. The van der Waals surface area contributed by atoms with E-state index in [4.69, 9.17) is 4.74 Å². The van der Waals surface area contributed by atoms with Gasteiger partial charge in [0.05, 0.1) is 4.90 Å². The number of hydrogen-bond donors (Lipinski definition) is 2. The van der Waals surface area contributed by atoms with E-state index in [-0.39, 0.29) is 10.6 Å². The Morgan fingerprint density at radius 1 is 1.11 bits per heavy atom. The van der Waals surface area contributed by atoms with E-state index in [0.717, 1.165) is 16.6 Å². The number of hydrogen-bond acceptors (Lipinski definition) is 4. The van der Waals surface area contributed by atoms with Crippen LogP contribution >= 0.6 is 15.9 Å². The lowest BCUT2D eigenvalue weighted by Crippen LogP contribution is -2.33. The lowest BCUT2D eigenvalue weighted by Gasteiger charge is -2.15. The SMILES string of the molecule is CC(Oc1ccc(Br)cc1)C(=O)Nc1ccc(S(=O)(=O)NCC(F)(F)F)cc1. The molecule has 0 saturated heterocycles. The Morgan fingerprint density at radius 3 is 2.21 bits per heavy atom. The smallest absolute Gasteiger partial charge is 0.402 e. The van der Waals surface area contributed by atoms with Crippen LogP contribution < -0.4 is 14.8 Å². The van der Waals surface area contributed by atoms with Crippen molar-refractivity contribution in [1.29, 1.82) is 0 Å². The highest BCUT2D eigenvalue weighted by atomic mass is 79.9. The molecule has 0 aromatic heterocycles. The van der Waals surface area contributed by atoms with Gasteiger partial charge in [0.15, 0.2) is 6.10 Å². The van der Waals surface area contributed by atoms with Gasteiger partial charge in [-0.1, -0.05) is 15.9 Å². The molecule has 6 nitrogen and oxygen atoms in total. The van der Waals surface area contributed by atoms with Gasteiger partial charge in [-0.05, 0) is 55.5 Å². The van der Waals surface area contributed by atoms with Crippen molar-refractivity contribution in [2.75, 3.05) is 11.9 Å². The quantitative estimate of drug-likeness (QED) is 0.632. The molecule has 0 saturated carbocycles. The number of anilines is 1. The van der Waals surface area contributed by atoms with Crippen LogP contribution in [0.25, 0.3) is 0 Å². The predicted molar refractivity (Wildman–Crippen MR) is 101 cm³/mol. The summed E-state index contributed by atoms with van der Waals surface area (Å²) in [5.74, 6) is 0.0109. The maximum Gasteiger partial charge on any atom is 0.402 e. The van der Waals surface area contributed by atoms with Crippen molar-refractivity contribution in [3.63, 3.8) is 0 Å². The maximum atomic E-state index is 12.2. The Balaban J connectivity index is 1.97. The first kappa shape index (κ1) is 22.2. The fraction of sp³-hybridized carbons (Fsp3) is 0.235. The number of amides is 1. The number of sulfonamides is 1. The Bertz CT molecular complexity index is 917. The van der Waals surface area contributed by atoms with Gasteiger partial charge in [0.1, 0.15) is 12.3 Å². The van der Waals surface area contributed by atoms with Crippen LogP contribution in [0.3, 0.4) is 0 Å². The lowest BCUT2D eigenvalue weighted by atomic mass is 10.3. The van der Waals surface area contributed by atoms with Gasteiger partial charge in [-0.25, -0.2) is 13.1 Å². The van der Waals surface area contributed by atoms with Crippen molar-refractivity contribution >= 4 is 37.5 Å². The molecule has 28 heavy (non-hydrogen) atoms. The molecule has 152 valence electrons. The van der Waals surface area contributed by atoms with Crippen LogP contribution in [0.15, 0.2) is 57.9 Å². The summed E-state index contributed by atoms with van der Waals surface area (Å²) in [4.78, 5) is 11.8. The standard InChI is InChI=1S/C17H16BrF3N2O4S/c1-11(27-14-6-2-12(18)3-7-14)16(24)23-13-4-8-15(9-5-13)28(25,26)22-10-17(19,20)21/h2-9,11,22H,10H2,1H3,(H,23,24). The second-order valence-corrected chi connectivity index (χ2v) is 8.35. The predicted octanol–water partition coefficient (Wildman–Crippen LogP) is 3.70. The van der Waals surface area contributed by atoms with E-state index < -0.39 is 34.8 Å². The van der Waals surface area contributed by atoms with E-state index in [1.165, 1.54) is 23.8 Å². The molecule has 0 radical (unpaired) electrons. The fourth-order valence-corrected chi connectivity index (χ4v) is 3.27. The van der Waals surface area contributed by atoms with Gasteiger partial charge in [-0.15, -0.1) is 0 Å². The number of nitrogens with one attached hydrogen (secondary N) is 2. The highest BCUT2D eigenvalue weighted by molar-refractivity contribution is 9.10. The second kappa shape index (κ2) is 8.93. The lowest BCUT2D eigenvalue weighted by molar-refractivity contribution is -0.122. The molecule has 0 spiro atoms. The molecule has 2 aromatic rings. The molecule has 2 rings (SSSR count). The van der Waals surface area contributed by atoms with Crippen molar-refractivity contribution in [1.82, 2.24) is 4.72 Å². The summed E-state index contributed by atoms with van der Waals surface area (Å²) in [7, 11) is -4.31. The van der Waals surface area contributed by atoms with Gasteiger partial charge in [0, 0.05) is 10.2 Å². The molecule has 1 unspecified atom stereocenters. The summed E-state index contributed by atoms with van der Waals surface area (Å²) in [6, 6.07) is 11.6. The molecule has 0 aliphatic heterocycles. The molecule has 2 N–H and O–H groups in total. The van der Waals surface area contributed by atoms with Crippen molar-refractivity contribution < 1.29 is 31.1 Å². The van der Waals surface area contributed by atoms with Crippen LogP contribution in [0.1, 0.15) is 6.92 Å². The number of alkyl halides is 3. The van der Waals surface area contributed by atoms with Gasteiger partial charge < -0.3 is 10.1 Å². The summed E-state index contributed by atoms with van der Waals surface area (Å²) in [6.45, 7) is -0.129. The summed E-state index contributed by atoms with van der Waals surface area (Å²) in [5.41, 5.74) is 0.269. The van der Waals surface area contributed by atoms with Crippen molar-refractivity contribution in [3.05, 3.63) is 53.0 Å². The highest BCUT2D eigenvalue weighted by Gasteiger charge is 2.30. The van der Waals surface area contributed by atoms with Gasteiger partial charge >= 0.3 is 6.18 Å². The van der Waals surface area contributed by atoms with Crippen molar-refractivity contribution in [2.45, 2.75) is 24.1 Å². The average Bonchev–Trinajstić information content (AvgIpc) is 2.62. The largest absolute Gasteiger partial charge is 0.481 e.